The van der Waals surface area contributed by atoms with Gasteiger partial charge in [0.1, 0.15) is 5.75 Å². The van der Waals surface area contributed by atoms with E-state index in [4.69, 9.17) is 16.2 Å². The van der Waals surface area contributed by atoms with E-state index in [1.165, 1.54) is 88.2 Å². The number of ether oxygens (including phenoxy) is 1. The molecule has 0 saturated carbocycles. The van der Waals surface area contributed by atoms with Crippen LogP contribution in [0, 0.1) is 5.92 Å². The van der Waals surface area contributed by atoms with Gasteiger partial charge < -0.3 is 42.8 Å². The molecule has 0 aromatic heterocycles. The van der Waals surface area contributed by atoms with Crippen LogP contribution in [0.3, 0.4) is 0 Å². The van der Waals surface area contributed by atoms with Crippen molar-refractivity contribution in [2.24, 2.45) is 17.4 Å². The van der Waals surface area contributed by atoms with Crippen molar-refractivity contribution < 1.29 is 4.74 Å². The topological polar surface area (TPSA) is 121 Å². The van der Waals surface area contributed by atoms with Crippen LogP contribution in [0.5, 0.6) is 5.75 Å². The van der Waals surface area contributed by atoms with Gasteiger partial charge in [-0.15, -0.1) is 0 Å². The standard InChI is InChI=1S/C43H87N7O/c1-5-7-9-11-13-15-24-46-26-17-29-49-41(20-22-44)33-39-32-40(36-43(35-39)51-31-19-28-48-37-38(3)4)34-42(21-23-45)50-30-18-27-47-25-16-14-12-10-8-6-2/h32,35-36,38,41-42,46-50H,5-31,33-34,37,44-45H2,1-4H3. The van der Waals surface area contributed by atoms with E-state index in [1.807, 2.05) is 0 Å². The zero-order valence-electron chi connectivity index (χ0n) is 34.2. The predicted octanol–water partition coefficient (Wildman–Crippen LogP) is 7.08. The van der Waals surface area contributed by atoms with E-state index < -0.39 is 0 Å². The quantitative estimate of drug-likeness (QED) is 0.0361. The van der Waals surface area contributed by atoms with E-state index >= 15 is 0 Å². The van der Waals surface area contributed by atoms with Crippen LogP contribution in [-0.4, -0.2) is 84.1 Å². The van der Waals surface area contributed by atoms with E-state index in [9.17, 15) is 0 Å². The van der Waals surface area contributed by atoms with Crippen molar-refractivity contribution in [3.63, 3.8) is 0 Å². The Labute approximate surface area is 316 Å². The lowest BCUT2D eigenvalue weighted by molar-refractivity contribution is 0.306. The second-order valence-corrected chi connectivity index (χ2v) is 15.4. The fraction of sp³-hybridized carbons (Fsp3) is 0.860. The number of nitrogens with one attached hydrogen (secondary N) is 5. The Balaban J connectivity index is 2.68. The van der Waals surface area contributed by atoms with E-state index in [1.54, 1.807) is 0 Å². The summed E-state index contributed by atoms with van der Waals surface area (Å²) in [4.78, 5) is 0. The Kier molecular flexibility index (Phi) is 33.5. The number of benzene rings is 1. The summed E-state index contributed by atoms with van der Waals surface area (Å²) in [5.41, 5.74) is 14.9. The lowest BCUT2D eigenvalue weighted by Gasteiger charge is -2.22. The molecule has 0 radical (unpaired) electrons. The Morgan fingerprint density at radius 1 is 0.529 bits per heavy atom. The van der Waals surface area contributed by atoms with E-state index in [2.05, 4.69) is 72.5 Å². The number of hydrogen-bond acceptors (Lipinski definition) is 8. The van der Waals surface area contributed by atoms with Crippen LogP contribution in [0.2, 0.25) is 0 Å². The summed E-state index contributed by atoms with van der Waals surface area (Å²) in [7, 11) is 0. The Hall–Kier alpha value is -1.26. The van der Waals surface area contributed by atoms with Crippen LogP contribution in [-0.2, 0) is 12.8 Å². The maximum Gasteiger partial charge on any atom is 0.119 e. The molecule has 0 aliphatic heterocycles. The number of nitrogens with two attached hydrogens (primary N) is 2. The SMILES string of the molecule is CCCCCCCCNCCCNC(CCN)Cc1cc(CC(CCN)NCCCNCCCCCCCC)cc(OCCCNCC(C)C)c1. The summed E-state index contributed by atoms with van der Waals surface area (Å²) in [6.45, 7) is 19.6. The average Bonchev–Trinajstić information content (AvgIpc) is 3.11. The minimum absolute atomic E-state index is 0.360. The molecule has 0 fully saturated rings. The molecule has 0 bridgehead atoms. The second-order valence-electron chi connectivity index (χ2n) is 15.4. The third-order valence-corrected chi connectivity index (χ3v) is 9.68. The molecule has 2 atom stereocenters. The van der Waals surface area contributed by atoms with Crippen molar-refractivity contribution in [3.8, 4) is 5.75 Å². The van der Waals surface area contributed by atoms with Crippen LogP contribution >= 0.6 is 0 Å². The van der Waals surface area contributed by atoms with Gasteiger partial charge in [0, 0.05) is 12.1 Å². The summed E-state index contributed by atoms with van der Waals surface area (Å²) in [5, 5.41) is 18.5. The first kappa shape index (κ1) is 47.8. The Morgan fingerprint density at radius 2 is 0.980 bits per heavy atom. The maximum absolute atomic E-state index is 6.38. The van der Waals surface area contributed by atoms with Gasteiger partial charge in [-0.1, -0.05) is 98.0 Å². The molecule has 0 aliphatic rings. The van der Waals surface area contributed by atoms with Crippen molar-refractivity contribution in [2.75, 3.05) is 72.1 Å². The third kappa shape index (κ3) is 29.8. The van der Waals surface area contributed by atoms with Gasteiger partial charge >= 0.3 is 0 Å². The fourth-order valence-corrected chi connectivity index (χ4v) is 6.70. The van der Waals surface area contributed by atoms with Gasteiger partial charge in [-0.05, 0) is 152 Å². The second kappa shape index (κ2) is 35.8. The highest BCUT2D eigenvalue weighted by Crippen LogP contribution is 2.21. The van der Waals surface area contributed by atoms with Crippen molar-refractivity contribution in [3.05, 3.63) is 29.3 Å². The smallest absolute Gasteiger partial charge is 0.119 e. The minimum Gasteiger partial charge on any atom is -0.494 e. The summed E-state index contributed by atoms with van der Waals surface area (Å²) in [6.07, 6.45) is 23.3. The van der Waals surface area contributed by atoms with Gasteiger partial charge in [0.05, 0.1) is 6.61 Å². The minimum atomic E-state index is 0.360. The molecule has 1 aromatic carbocycles. The molecule has 2 unspecified atom stereocenters. The first-order valence-corrected chi connectivity index (χ1v) is 21.8. The molecule has 300 valence electrons. The van der Waals surface area contributed by atoms with Crippen LogP contribution in [0.25, 0.3) is 0 Å². The average molecular weight is 718 g/mol. The molecule has 51 heavy (non-hydrogen) atoms. The summed E-state index contributed by atoms with van der Waals surface area (Å²) >= 11 is 0. The normalized spacial score (nSPS) is 12.9. The highest BCUT2D eigenvalue weighted by Gasteiger charge is 2.14. The molecule has 0 aliphatic carbocycles. The summed E-state index contributed by atoms with van der Waals surface area (Å²) in [6, 6.07) is 7.65. The molecule has 0 heterocycles. The zero-order valence-corrected chi connectivity index (χ0v) is 34.2. The van der Waals surface area contributed by atoms with Gasteiger partial charge in [-0.2, -0.15) is 0 Å². The highest BCUT2D eigenvalue weighted by molar-refractivity contribution is 5.35. The lowest BCUT2D eigenvalue weighted by Crippen LogP contribution is -2.36. The van der Waals surface area contributed by atoms with Crippen LogP contribution in [0.4, 0.5) is 0 Å². The highest BCUT2D eigenvalue weighted by atomic mass is 16.5. The van der Waals surface area contributed by atoms with E-state index in [-0.39, 0.29) is 0 Å². The largest absolute Gasteiger partial charge is 0.494 e. The Bertz CT molecular complexity index is 815. The first-order valence-electron chi connectivity index (χ1n) is 21.8. The molecular weight excluding hydrogens is 631 g/mol. The molecule has 8 nitrogen and oxygen atoms in total. The molecule has 1 rings (SSSR count). The van der Waals surface area contributed by atoms with Crippen molar-refractivity contribution in [1.29, 1.82) is 0 Å². The zero-order chi connectivity index (χ0) is 37.0. The molecule has 1 aromatic rings. The number of rotatable bonds is 39. The molecule has 0 saturated heterocycles. The summed E-state index contributed by atoms with van der Waals surface area (Å²) in [5.74, 6) is 1.65. The molecular formula is C43H87N7O. The van der Waals surface area contributed by atoms with Gasteiger partial charge in [-0.25, -0.2) is 0 Å². The molecule has 0 spiro atoms. The fourth-order valence-electron chi connectivity index (χ4n) is 6.70. The van der Waals surface area contributed by atoms with Gasteiger partial charge in [-0.3, -0.25) is 0 Å². The molecule has 8 heteroatoms. The van der Waals surface area contributed by atoms with E-state index in [0.717, 1.165) is 110 Å². The first-order chi connectivity index (χ1) is 25.0. The van der Waals surface area contributed by atoms with Crippen molar-refractivity contribution in [1.82, 2.24) is 26.6 Å². The van der Waals surface area contributed by atoms with Crippen LogP contribution < -0.4 is 42.8 Å². The van der Waals surface area contributed by atoms with Crippen LogP contribution in [0.1, 0.15) is 148 Å². The van der Waals surface area contributed by atoms with Gasteiger partial charge in [0.15, 0.2) is 0 Å². The van der Waals surface area contributed by atoms with Gasteiger partial charge in [0.2, 0.25) is 0 Å². The van der Waals surface area contributed by atoms with E-state index in [0.29, 0.717) is 31.1 Å². The third-order valence-electron chi connectivity index (χ3n) is 9.68. The summed E-state index contributed by atoms with van der Waals surface area (Å²) < 4.78 is 6.38. The van der Waals surface area contributed by atoms with Crippen molar-refractivity contribution >= 4 is 0 Å². The number of unbranched alkanes of at least 4 members (excludes halogenated alkanes) is 10. The van der Waals surface area contributed by atoms with Crippen molar-refractivity contribution in [2.45, 2.75) is 162 Å². The Morgan fingerprint density at radius 3 is 1.45 bits per heavy atom. The van der Waals surface area contributed by atoms with Gasteiger partial charge in [0.25, 0.3) is 0 Å². The number of hydrogen-bond donors (Lipinski definition) is 7. The lowest BCUT2D eigenvalue weighted by atomic mass is 9.96. The van der Waals surface area contributed by atoms with Crippen LogP contribution in [0.15, 0.2) is 18.2 Å². The maximum atomic E-state index is 6.38. The molecule has 9 N–H and O–H groups in total. The monoisotopic (exact) mass is 718 g/mol. The molecule has 0 amide bonds. The predicted molar refractivity (Wildman–Crippen MR) is 224 cm³/mol.